The van der Waals surface area contributed by atoms with Crippen molar-refractivity contribution in [3.8, 4) is 5.69 Å². The molecule has 3 rings (SSSR count). The monoisotopic (exact) mass is 451 g/mol. The number of halogens is 3. The summed E-state index contributed by atoms with van der Waals surface area (Å²) in [7, 11) is 0. The predicted octanol–water partition coefficient (Wildman–Crippen LogP) is 4.90. The standard InChI is InChI=1S/C21H20Cl2FN3O3/c1-21(2,3)30-20(29)25-8-7-17-26-16-6-4-5-15(24)18(16)19(28)27(17)14-10-12(22)9-13(23)11-14/h4-6,9-11H,7-8H2,1-3H3,(H,25,29). The maximum absolute atomic E-state index is 14.4. The van der Waals surface area contributed by atoms with E-state index in [2.05, 4.69) is 10.3 Å². The van der Waals surface area contributed by atoms with Gasteiger partial charge in [-0.05, 0) is 51.1 Å². The molecule has 0 fully saturated rings. The van der Waals surface area contributed by atoms with Crippen molar-refractivity contribution in [2.45, 2.75) is 32.8 Å². The molecule has 1 amide bonds. The molecule has 30 heavy (non-hydrogen) atoms. The van der Waals surface area contributed by atoms with Crippen LogP contribution in [0.5, 0.6) is 0 Å². The van der Waals surface area contributed by atoms with Crippen molar-refractivity contribution >= 4 is 40.2 Å². The van der Waals surface area contributed by atoms with Crippen molar-refractivity contribution in [1.29, 1.82) is 0 Å². The number of fused-ring (bicyclic) bond motifs is 1. The molecule has 9 heteroatoms. The average molecular weight is 452 g/mol. The van der Waals surface area contributed by atoms with Crippen molar-refractivity contribution < 1.29 is 13.9 Å². The minimum Gasteiger partial charge on any atom is -0.444 e. The van der Waals surface area contributed by atoms with Crippen LogP contribution >= 0.6 is 23.2 Å². The van der Waals surface area contributed by atoms with Gasteiger partial charge >= 0.3 is 6.09 Å². The molecule has 0 unspecified atom stereocenters. The van der Waals surface area contributed by atoms with Gasteiger partial charge < -0.3 is 10.1 Å². The Morgan fingerprint density at radius 1 is 1.20 bits per heavy atom. The highest BCUT2D eigenvalue weighted by Crippen LogP contribution is 2.23. The summed E-state index contributed by atoms with van der Waals surface area (Å²) in [4.78, 5) is 29.5. The van der Waals surface area contributed by atoms with E-state index in [9.17, 15) is 14.0 Å². The molecule has 6 nitrogen and oxygen atoms in total. The molecule has 0 saturated carbocycles. The quantitative estimate of drug-likeness (QED) is 0.611. The maximum atomic E-state index is 14.4. The van der Waals surface area contributed by atoms with Gasteiger partial charge in [-0.2, -0.15) is 0 Å². The fourth-order valence-electron chi connectivity index (χ4n) is 2.93. The minimum absolute atomic E-state index is 0.141. The van der Waals surface area contributed by atoms with E-state index in [1.807, 2.05) is 0 Å². The van der Waals surface area contributed by atoms with Crippen LogP contribution in [-0.2, 0) is 11.2 Å². The second-order valence-corrected chi connectivity index (χ2v) is 8.48. The van der Waals surface area contributed by atoms with Gasteiger partial charge in [0.2, 0.25) is 0 Å². The molecule has 0 aliphatic heterocycles. The molecule has 0 saturated heterocycles. The van der Waals surface area contributed by atoms with Crippen molar-refractivity contribution in [2.75, 3.05) is 6.54 Å². The van der Waals surface area contributed by atoms with Gasteiger partial charge in [0.15, 0.2) is 0 Å². The second-order valence-electron chi connectivity index (χ2n) is 7.61. The summed E-state index contributed by atoms with van der Waals surface area (Å²) < 4.78 is 20.8. The zero-order valence-electron chi connectivity index (χ0n) is 16.6. The van der Waals surface area contributed by atoms with Crippen LogP contribution in [0, 0.1) is 5.82 Å². The van der Waals surface area contributed by atoms with Crippen molar-refractivity contribution in [2.24, 2.45) is 0 Å². The van der Waals surface area contributed by atoms with Crippen LogP contribution in [0.4, 0.5) is 9.18 Å². The zero-order valence-corrected chi connectivity index (χ0v) is 18.1. The topological polar surface area (TPSA) is 73.2 Å². The van der Waals surface area contributed by atoms with E-state index in [-0.39, 0.29) is 23.9 Å². The van der Waals surface area contributed by atoms with Crippen molar-refractivity contribution in [3.63, 3.8) is 0 Å². The first-order chi connectivity index (χ1) is 14.0. The molecule has 0 bridgehead atoms. The molecule has 1 N–H and O–H groups in total. The number of amides is 1. The van der Waals surface area contributed by atoms with Crippen molar-refractivity contribution in [1.82, 2.24) is 14.9 Å². The Kier molecular flexibility index (Phi) is 6.33. The van der Waals surface area contributed by atoms with E-state index >= 15 is 0 Å². The van der Waals surface area contributed by atoms with Gasteiger partial charge in [-0.25, -0.2) is 14.2 Å². The SMILES string of the molecule is CC(C)(C)OC(=O)NCCc1nc2cccc(F)c2c(=O)n1-c1cc(Cl)cc(Cl)c1. The Morgan fingerprint density at radius 3 is 2.50 bits per heavy atom. The van der Waals surface area contributed by atoms with Gasteiger partial charge in [-0.15, -0.1) is 0 Å². The summed E-state index contributed by atoms with van der Waals surface area (Å²) in [5, 5.41) is 3.12. The number of rotatable bonds is 4. The van der Waals surface area contributed by atoms with Crippen LogP contribution in [0.3, 0.4) is 0 Å². The number of hydrogen-bond acceptors (Lipinski definition) is 4. The number of nitrogens with zero attached hydrogens (tertiary/aromatic N) is 2. The van der Waals surface area contributed by atoms with E-state index in [0.29, 0.717) is 21.6 Å². The Labute approximate surface area is 182 Å². The lowest BCUT2D eigenvalue weighted by molar-refractivity contribution is 0.0528. The zero-order chi connectivity index (χ0) is 22.1. The molecule has 0 aliphatic rings. The van der Waals surface area contributed by atoms with Crippen LogP contribution in [0.1, 0.15) is 26.6 Å². The third kappa shape index (κ3) is 5.09. The molecule has 3 aromatic rings. The summed E-state index contributed by atoms with van der Waals surface area (Å²) in [5.74, 6) is -0.363. The second kappa shape index (κ2) is 8.62. The van der Waals surface area contributed by atoms with E-state index < -0.39 is 23.1 Å². The summed E-state index contributed by atoms with van der Waals surface area (Å²) in [6.45, 7) is 5.42. The lowest BCUT2D eigenvalue weighted by Gasteiger charge is -2.20. The molecule has 0 atom stereocenters. The van der Waals surface area contributed by atoms with Gasteiger partial charge in [-0.1, -0.05) is 29.3 Å². The van der Waals surface area contributed by atoms with E-state index in [1.165, 1.54) is 34.9 Å². The molecular weight excluding hydrogens is 432 g/mol. The van der Waals surface area contributed by atoms with Crippen LogP contribution in [-0.4, -0.2) is 27.8 Å². The molecule has 0 radical (unpaired) electrons. The van der Waals surface area contributed by atoms with Gasteiger partial charge in [0.05, 0.1) is 11.2 Å². The minimum atomic E-state index is -0.676. The van der Waals surface area contributed by atoms with E-state index in [1.54, 1.807) is 26.8 Å². The molecule has 0 aliphatic carbocycles. The van der Waals surface area contributed by atoms with Crippen LogP contribution in [0.2, 0.25) is 10.0 Å². The highest BCUT2D eigenvalue weighted by atomic mass is 35.5. The fraction of sp³-hybridized carbons (Fsp3) is 0.286. The fourth-order valence-corrected chi connectivity index (χ4v) is 3.44. The Balaban J connectivity index is 2.04. The van der Waals surface area contributed by atoms with Gasteiger partial charge in [0.1, 0.15) is 22.6 Å². The van der Waals surface area contributed by atoms with E-state index in [0.717, 1.165) is 0 Å². The maximum Gasteiger partial charge on any atom is 0.407 e. The molecule has 1 aromatic heterocycles. The summed E-state index contributed by atoms with van der Waals surface area (Å²) in [5.41, 5.74) is -0.662. The number of benzene rings is 2. The number of carbonyl (C=O) groups excluding carboxylic acids is 1. The van der Waals surface area contributed by atoms with Crippen LogP contribution in [0.15, 0.2) is 41.2 Å². The van der Waals surface area contributed by atoms with Crippen LogP contribution < -0.4 is 10.9 Å². The lowest BCUT2D eigenvalue weighted by Crippen LogP contribution is -2.34. The molecule has 158 valence electrons. The van der Waals surface area contributed by atoms with Gasteiger partial charge in [0.25, 0.3) is 5.56 Å². The molecule has 2 aromatic carbocycles. The van der Waals surface area contributed by atoms with Gasteiger partial charge in [0, 0.05) is 23.0 Å². The number of alkyl carbamates (subject to hydrolysis) is 1. The summed E-state index contributed by atoms with van der Waals surface area (Å²) >= 11 is 12.2. The van der Waals surface area contributed by atoms with Crippen molar-refractivity contribution in [3.05, 3.63) is 68.4 Å². The normalized spacial score (nSPS) is 11.5. The third-order valence-corrected chi connectivity index (χ3v) is 4.47. The van der Waals surface area contributed by atoms with E-state index in [4.69, 9.17) is 27.9 Å². The number of aromatic nitrogens is 2. The third-order valence-electron chi connectivity index (χ3n) is 4.04. The first-order valence-corrected chi connectivity index (χ1v) is 9.94. The summed E-state index contributed by atoms with van der Waals surface area (Å²) in [6.07, 6.45) is -0.403. The Hall–Kier alpha value is -2.64. The molecular formula is C21H20Cl2FN3O3. The first kappa shape index (κ1) is 22.1. The number of carbonyl (C=O) groups is 1. The molecule has 1 heterocycles. The average Bonchev–Trinajstić information content (AvgIpc) is 2.59. The predicted molar refractivity (Wildman–Crippen MR) is 115 cm³/mol. The number of nitrogens with one attached hydrogen (secondary N) is 1. The summed E-state index contributed by atoms with van der Waals surface area (Å²) in [6, 6.07) is 8.83. The van der Waals surface area contributed by atoms with Crippen LogP contribution in [0.25, 0.3) is 16.6 Å². The lowest BCUT2D eigenvalue weighted by atomic mass is 10.2. The highest BCUT2D eigenvalue weighted by molar-refractivity contribution is 6.34. The Morgan fingerprint density at radius 2 is 1.87 bits per heavy atom. The van der Waals surface area contributed by atoms with Gasteiger partial charge in [-0.3, -0.25) is 9.36 Å². The highest BCUT2D eigenvalue weighted by Gasteiger charge is 2.18. The number of ether oxygens (including phenoxy) is 1. The smallest absolute Gasteiger partial charge is 0.407 e. The molecule has 0 spiro atoms. The largest absolute Gasteiger partial charge is 0.444 e. The Bertz CT molecular complexity index is 1150. The number of hydrogen-bond donors (Lipinski definition) is 1. The first-order valence-electron chi connectivity index (χ1n) is 9.18.